The van der Waals surface area contributed by atoms with E-state index < -0.39 is 0 Å². The molecule has 0 bridgehead atoms. The van der Waals surface area contributed by atoms with Gasteiger partial charge in [0.15, 0.2) is 5.82 Å². The van der Waals surface area contributed by atoms with Gasteiger partial charge in [-0.25, -0.2) is 9.97 Å². The van der Waals surface area contributed by atoms with Crippen LogP contribution >= 0.6 is 34.4 Å². The van der Waals surface area contributed by atoms with Gasteiger partial charge in [0.05, 0.1) is 9.26 Å². The lowest BCUT2D eigenvalue weighted by atomic mass is 10.2. The van der Waals surface area contributed by atoms with E-state index in [-0.39, 0.29) is 0 Å². The summed E-state index contributed by atoms with van der Waals surface area (Å²) >= 11 is 3.99. The van der Waals surface area contributed by atoms with Crippen molar-refractivity contribution in [2.24, 2.45) is 0 Å². The molecule has 0 radical (unpaired) electrons. The molecule has 0 saturated carbocycles. The first-order valence-electron chi connectivity index (χ1n) is 5.52. The predicted octanol–water partition coefficient (Wildman–Crippen LogP) is 3.82. The maximum atomic E-state index is 4.54. The van der Waals surface area contributed by atoms with E-state index in [9.17, 15) is 0 Å². The smallest absolute Gasteiger partial charge is 0.161 e. The Morgan fingerprint density at radius 3 is 2.39 bits per heavy atom. The lowest BCUT2D eigenvalue weighted by Gasteiger charge is -2.09. The molecule has 3 nitrogen and oxygen atoms in total. The Labute approximate surface area is 125 Å². The van der Waals surface area contributed by atoms with Gasteiger partial charge in [-0.05, 0) is 47.9 Å². The molecule has 0 aliphatic carbocycles. The number of aromatic nitrogens is 2. The fraction of sp³-hybridized carbons (Fsp3) is 0.231. The number of rotatable bonds is 3. The second kappa shape index (κ2) is 5.88. The zero-order valence-corrected chi connectivity index (χ0v) is 13.5. The Bertz CT molecular complexity index is 555. The van der Waals surface area contributed by atoms with Gasteiger partial charge < -0.3 is 5.32 Å². The average Bonchev–Trinajstić information content (AvgIpc) is 2.42. The van der Waals surface area contributed by atoms with E-state index in [4.69, 9.17) is 0 Å². The summed E-state index contributed by atoms with van der Waals surface area (Å²) in [6.45, 7) is 2.00. The third-order valence-electron chi connectivity index (χ3n) is 2.60. The van der Waals surface area contributed by atoms with Crippen molar-refractivity contribution < 1.29 is 0 Å². The minimum absolute atomic E-state index is 0.768. The van der Waals surface area contributed by atoms with Crippen LogP contribution in [-0.2, 0) is 0 Å². The Balaban J connectivity index is 2.46. The molecule has 1 aromatic carbocycles. The fourth-order valence-corrected chi connectivity index (χ4v) is 2.51. The monoisotopic (exact) mass is 371 g/mol. The van der Waals surface area contributed by atoms with Gasteiger partial charge in [-0.3, -0.25) is 0 Å². The number of nitrogens with zero attached hydrogens (tertiary/aromatic N) is 2. The quantitative estimate of drug-likeness (QED) is 0.658. The summed E-state index contributed by atoms with van der Waals surface area (Å²) in [5.41, 5.74) is 2.04. The normalized spacial score (nSPS) is 10.4. The van der Waals surface area contributed by atoms with Gasteiger partial charge in [0.25, 0.3) is 0 Å². The van der Waals surface area contributed by atoms with Crippen molar-refractivity contribution in [2.75, 3.05) is 18.6 Å². The maximum absolute atomic E-state index is 4.54. The molecule has 1 heterocycles. The second-order valence-corrected chi connectivity index (χ2v) is 5.73. The molecule has 0 fully saturated rings. The van der Waals surface area contributed by atoms with Gasteiger partial charge in [-0.15, -0.1) is 11.8 Å². The van der Waals surface area contributed by atoms with Crippen molar-refractivity contribution in [2.45, 2.75) is 11.8 Å². The number of benzene rings is 1. The molecule has 0 atom stereocenters. The van der Waals surface area contributed by atoms with Gasteiger partial charge >= 0.3 is 0 Å². The lowest BCUT2D eigenvalue weighted by molar-refractivity contribution is 1.09. The van der Waals surface area contributed by atoms with Crippen LogP contribution in [0.5, 0.6) is 0 Å². The summed E-state index contributed by atoms with van der Waals surface area (Å²) in [5.74, 6) is 1.65. The zero-order chi connectivity index (χ0) is 13.1. The Hall–Kier alpha value is -0.820. The summed E-state index contributed by atoms with van der Waals surface area (Å²) in [5, 5.41) is 3.11. The summed E-state index contributed by atoms with van der Waals surface area (Å²) in [7, 11) is 1.88. The van der Waals surface area contributed by atoms with E-state index >= 15 is 0 Å². The van der Waals surface area contributed by atoms with E-state index in [0.29, 0.717) is 0 Å². The summed E-state index contributed by atoms with van der Waals surface area (Å²) in [6.07, 6.45) is 2.07. The van der Waals surface area contributed by atoms with Crippen molar-refractivity contribution >= 4 is 40.2 Å². The molecular formula is C13H14IN3S. The van der Waals surface area contributed by atoms with Crippen LogP contribution in [-0.4, -0.2) is 23.3 Å². The highest BCUT2D eigenvalue weighted by atomic mass is 127. The van der Waals surface area contributed by atoms with Crippen molar-refractivity contribution in [3.8, 4) is 11.4 Å². The van der Waals surface area contributed by atoms with Crippen molar-refractivity contribution in [1.29, 1.82) is 0 Å². The van der Waals surface area contributed by atoms with Crippen LogP contribution in [0.1, 0.15) is 5.69 Å². The van der Waals surface area contributed by atoms with Gasteiger partial charge in [-0.2, -0.15) is 0 Å². The number of anilines is 1. The molecule has 2 rings (SSSR count). The topological polar surface area (TPSA) is 37.8 Å². The minimum atomic E-state index is 0.768. The fourth-order valence-electron chi connectivity index (χ4n) is 1.59. The van der Waals surface area contributed by atoms with Crippen molar-refractivity contribution in [1.82, 2.24) is 9.97 Å². The number of thioether (sulfide) groups is 1. The second-order valence-electron chi connectivity index (χ2n) is 3.77. The number of hydrogen-bond acceptors (Lipinski definition) is 4. The molecule has 0 amide bonds. The van der Waals surface area contributed by atoms with E-state index in [0.717, 1.165) is 26.5 Å². The van der Waals surface area contributed by atoms with Crippen molar-refractivity contribution in [3.63, 3.8) is 0 Å². The van der Waals surface area contributed by atoms with E-state index in [1.165, 1.54) is 4.90 Å². The van der Waals surface area contributed by atoms with Gasteiger partial charge in [-0.1, -0.05) is 12.1 Å². The first-order valence-corrected chi connectivity index (χ1v) is 7.82. The van der Waals surface area contributed by atoms with E-state index in [1.807, 2.05) is 14.0 Å². The molecule has 1 N–H and O–H groups in total. The van der Waals surface area contributed by atoms with Crippen LogP contribution < -0.4 is 5.32 Å². The lowest BCUT2D eigenvalue weighted by Crippen LogP contribution is -2.02. The molecule has 18 heavy (non-hydrogen) atoms. The average molecular weight is 371 g/mol. The van der Waals surface area contributed by atoms with Gasteiger partial charge in [0.1, 0.15) is 5.82 Å². The summed E-state index contributed by atoms with van der Waals surface area (Å²) in [4.78, 5) is 10.3. The molecule has 0 aliphatic rings. The molecule has 5 heteroatoms. The van der Waals surface area contributed by atoms with Crippen molar-refractivity contribution in [3.05, 3.63) is 33.5 Å². The maximum Gasteiger partial charge on any atom is 0.161 e. The minimum Gasteiger partial charge on any atom is -0.372 e. The van der Waals surface area contributed by atoms with E-state index in [1.54, 1.807) is 11.8 Å². The molecule has 0 unspecified atom stereocenters. The van der Waals surface area contributed by atoms with Gasteiger partial charge in [0, 0.05) is 17.5 Å². The van der Waals surface area contributed by atoms with Gasteiger partial charge in [0.2, 0.25) is 0 Å². The third-order valence-corrected chi connectivity index (χ3v) is 4.64. The molecule has 1 aromatic heterocycles. The number of nitrogens with one attached hydrogen (secondary N) is 1. The Morgan fingerprint density at radius 2 is 1.83 bits per heavy atom. The molecule has 94 valence electrons. The highest BCUT2D eigenvalue weighted by Gasteiger charge is 2.09. The third kappa shape index (κ3) is 2.77. The predicted molar refractivity (Wildman–Crippen MR) is 86.2 cm³/mol. The highest BCUT2D eigenvalue weighted by Crippen LogP contribution is 2.24. The summed E-state index contributed by atoms with van der Waals surface area (Å²) in [6, 6.07) is 8.31. The molecule has 2 aromatic rings. The van der Waals surface area contributed by atoms with Crippen LogP contribution in [0.25, 0.3) is 11.4 Å². The Morgan fingerprint density at radius 1 is 1.17 bits per heavy atom. The molecule has 0 saturated heterocycles. The standard InChI is InChI=1S/C13H14IN3S/c1-8-11(14)13(15-2)17-12(16-8)9-4-6-10(18-3)7-5-9/h4-7H,1-3H3,(H,15,16,17). The van der Waals surface area contributed by atoms with E-state index in [2.05, 4.69) is 68.4 Å². The van der Waals surface area contributed by atoms with Crippen LogP contribution in [0.3, 0.4) is 0 Å². The number of aryl methyl sites for hydroxylation is 1. The Kier molecular flexibility index (Phi) is 4.45. The molecular weight excluding hydrogens is 357 g/mol. The van der Waals surface area contributed by atoms with Crippen LogP contribution in [0.4, 0.5) is 5.82 Å². The number of hydrogen-bond donors (Lipinski definition) is 1. The zero-order valence-electron chi connectivity index (χ0n) is 10.5. The highest BCUT2D eigenvalue weighted by molar-refractivity contribution is 14.1. The van der Waals surface area contributed by atoms with Crippen LogP contribution in [0, 0.1) is 10.5 Å². The molecule has 0 spiro atoms. The van der Waals surface area contributed by atoms with Crippen LogP contribution in [0.2, 0.25) is 0 Å². The van der Waals surface area contributed by atoms with Crippen LogP contribution in [0.15, 0.2) is 29.2 Å². The SMILES string of the molecule is CNc1nc(-c2ccc(SC)cc2)nc(C)c1I. The summed E-state index contributed by atoms with van der Waals surface area (Å²) < 4.78 is 1.07. The molecule has 0 aliphatic heterocycles. The largest absolute Gasteiger partial charge is 0.372 e. The number of halogens is 1. The first kappa shape index (κ1) is 13.6. The first-order chi connectivity index (χ1) is 8.65.